The molecule has 0 atom stereocenters. The van der Waals surface area contributed by atoms with Gasteiger partial charge in [-0.1, -0.05) is 95.6 Å². The standard InChI is InChI=1S/C26H24O/c1-19-4-10-22(11-5-19)12-17-25(27)18-26(23-13-6-20(2)7-14-23)24-15-8-21(3)9-16-24/h4-18H,1-3H3/b17-12+. The molecule has 0 N–H and O–H groups in total. The zero-order valence-electron chi connectivity index (χ0n) is 16.1. The van der Waals surface area contributed by atoms with E-state index in [1.165, 1.54) is 16.7 Å². The minimum atomic E-state index is -0.0216. The van der Waals surface area contributed by atoms with Gasteiger partial charge in [-0.05, 0) is 55.2 Å². The molecule has 0 amide bonds. The number of ketones is 1. The van der Waals surface area contributed by atoms with Crippen LogP contribution < -0.4 is 0 Å². The van der Waals surface area contributed by atoms with Crippen LogP contribution >= 0.6 is 0 Å². The Labute approximate surface area is 161 Å². The third-order valence-electron chi connectivity index (χ3n) is 4.53. The Morgan fingerprint density at radius 3 is 1.48 bits per heavy atom. The second kappa shape index (κ2) is 8.46. The highest BCUT2D eigenvalue weighted by Crippen LogP contribution is 2.24. The summed E-state index contributed by atoms with van der Waals surface area (Å²) in [7, 11) is 0. The number of benzene rings is 3. The molecule has 27 heavy (non-hydrogen) atoms. The molecule has 1 nitrogen and oxygen atoms in total. The van der Waals surface area contributed by atoms with Gasteiger partial charge in [0.05, 0.1) is 0 Å². The fourth-order valence-corrected chi connectivity index (χ4v) is 2.85. The molecule has 1 heteroatoms. The van der Waals surface area contributed by atoms with Crippen molar-refractivity contribution in [1.82, 2.24) is 0 Å². The molecule has 3 aromatic rings. The van der Waals surface area contributed by atoms with Crippen molar-refractivity contribution in [3.8, 4) is 0 Å². The van der Waals surface area contributed by atoms with Crippen molar-refractivity contribution in [2.45, 2.75) is 20.8 Å². The summed E-state index contributed by atoms with van der Waals surface area (Å²) in [4.78, 5) is 12.6. The van der Waals surface area contributed by atoms with Crippen LogP contribution in [0.1, 0.15) is 33.4 Å². The molecule has 0 saturated carbocycles. The van der Waals surface area contributed by atoms with Crippen molar-refractivity contribution in [3.05, 3.63) is 118 Å². The van der Waals surface area contributed by atoms with Gasteiger partial charge in [-0.15, -0.1) is 0 Å². The van der Waals surface area contributed by atoms with Crippen LogP contribution in [0.15, 0.2) is 84.9 Å². The first-order valence-corrected chi connectivity index (χ1v) is 9.16. The second-order valence-electron chi connectivity index (χ2n) is 6.94. The number of rotatable bonds is 5. The number of hydrogen-bond donors (Lipinski definition) is 0. The molecule has 0 aromatic heterocycles. The van der Waals surface area contributed by atoms with E-state index in [0.717, 1.165) is 22.3 Å². The summed E-state index contributed by atoms with van der Waals surface area (Å²) in [6, 6.07) is 24.7. The van der Waals surface area contributed by atoms with Gasteiger partial charge in [-0.3, -0.25) is 4.79 Å². The van der Waals surface area contributed by atoms with Crippen molar-refractivity contribution in [1.29, 1.82) is 0 Å². The van der Waals surface area contributed by atoms with E-state index in [1.807, 2.05) is 30.3 Å². The van der Waals surface area contributed by atoms with E-state index in [2.05, 4.69) is 69.3 Å². The first-order valence-electron chi connectivity index (χ1n) is 9.16. The topological polar surface area (TPSA) is 17.1 Å². The van der Waals surface area contributed by atoms with Gasteiger partial charge in [0.1, 0.15) is 0 Å². The van der Waals surface area contributed by atoms with Gasteiger partial charge in [-0.25, -0.2) is 0 Å². The Bertz CT molecular complexity index is 922. The maximum Gasteiger partial charge on any atom is 0.179 e. The third kappa shape index (κ3) is 5.15. The minimum Gasteiger partial charge on any atom is -0.290 e. The van der Waals surface area contributed by atoms with Crippen LogP contribution in [0.2, 0.25) is 0 Å². The van der Waals surface area contributed by atoms with Crippen LogP contribution in [0.5, 0.6) is 0 Å². The SMILES string of the molecule is Cc1ccc(/C=C/C(=O)C=C(c2ccc(C)cc2)c2ccc(C)cc2)cc1. The van der Waals surface area contributed by atoms with E-state index in [-0.39, 0.29) is 5.78 Å². The lowest BCUT2D eigenvalue weighted by Gasteiger charge is -2.09. The summed E-state index contributed by atoms with van der Waals surface area (Å²) >= 11 is 0. The van der Waals surface area contributed by atoms with Crippen molar-refractivity contribution in [3.63, 3.8) is 0 Å². The molecule has 134 valence electrons. The Hall–Kier alpha value is -3.19. The molecule has 0 spiro atoms. The van der Waals surface area contributed by atoms with E-state index in [1.54, 1.807) is 12.2 Å². The lowest BCUT2D eigenvalue weighted by molar-refractivity contribution is -0.110. The van der Waals surface area contributed by atoms with Crippen molar-refractivity contribution < 1.29 is 4.79 Å². The Kier molecular flexibility index (Phi) is 5.83. The lowest BCUT2D eigenvalue weighted by atomic mass is 9.95. The molecule has 0 radical (unpaired) electrons. The fourth-order valence-electron chi connectivity index (χ4n) is 2.85. The smallest absolute Gasteiger partial charge is 0.179 e. The summed E-state index contributed by atoms with van der Waals surface area (Å²) in [6.45, 7) is 6.18. The first-order chi connectivity index (χ1) is 13.0. The first kappa shape index (κ1) is 18.6. The summed E-state index contributed by atoms with van der Waals surface area (Å²) in [5.41, 5.74) is 7.66. The molecule has 0 aliphatic carbocycles. The molecule has 3 aromatic carbocycles. The van der Waals surface area contributed by atoms with E-state index >= 15 is 0 Å². The highest BCUT2D eigenvalue weighted by molar-refractivity contribution is 6.08. The molecule has 0 saturated heterocycles. The monoisotopic (exact) mass is 352 g/mol. The molecule has 0 fully saturated rings. The average molecular weight is 352 g/mol. The van der Waals surface area contributed by atoms with Gasteiger partial charge in [0, 0.05) is 0 Å². The summed E-state index contributed by atoms with van der Waals surface area (Å²) in [5.74, 6) is -0.0216. The highest BCUT2D eigenvalue weighted by atomic mass is 16.1. The van der Waals surface area contributed by atoms with Crippen molar-refractivity contribution >= 4 is 17.4 Å². The minimum absolute atomic E-state index is 0.0216. The summed E-state index contributed by atoms with van der Waals surface area (Å²) in [6.07, 6.45) is 5.22. The molecular formula is C26H24O. The zero-order valence-corrected chi connectivity index (χ0v) is 16.1. The average Bonchev–Trinajstić information content (AvgIpc) is 2.67. The number of allylic oxidation sites excluding steroid dienone is 2. The summed E-state index contributed by atoms with van der Waals surface area (Å²) in [5, 5.41) is 0. The van der Waals surface area contributed by atoms with Crippen LogP contribution in [0.3, 0.4) is 0 Å². The van der Waals surface area contributed by atoms with E-state index in [4.69, 9.17) is 0 Å². The van der Waals surface area contributed by atoms with Gasteiger partial charge < -0.3 is 0 Å². The zero-order chi connectivity index (χ0) is 19.2. The number of carbonyl (C=O) groups excluding carboxylic acids is 1. The Balaban J connectivity index is 1.93. The highest BCUT2D eigenvalue weighted by Gasteiger charge is 2.07. The van der Waals surface area contributed by atoms with Crippen LogP contribution in [0, 0.1) is 20.8 Å². The maximum absolute atomic E-state index is 12.6. The normalized spacial score (nSPS) is 10.8. The number of aryl methyl sites for hydroxylation is 3. The number of hydrogen-bond acceptors (Lipinski definition) is 1. The van der Waals surface area contributed by atoms with Gasteiger partial charge in [0.25, 0.3) is 0 Å². The molecule has 3 rings (SSSR count). The van der Waals surface area contributed by atoms with Gasteiger partial charge >= 0.3 is 0 Å². The molecule has 0 aliphatic rings. The largest absolute Gasteiger partial charge is 0.290 e. The quantitative estimate of drug-likeness (QED) is 0.491. The molecule has 0 heterocycles. The molecular weight excluding hydrogens is 328 g/mol. The number of carbonyl (C=O) groups is 1. The van der Waals surface area contributed by atoms with Crippen molar-refractivity contribution in [2.75, 3.05) is 0 Å². The van der Waals surface area contributed by atoms with Crippen molar-refractivity contribution in [2.24, 2.45) is 0 Å². The van der Waals surface area contributed by atoms with Crippen LogP contribution in [0.4, 0.5) is 0 Å². The second-order valence-corrected chi connectivity index (χ2v) is 6.94. The molecule has 0 bridgehead atoms. The maximum atomic E-state index is 12.6. The fraction of sp³-hybridized carbons (Fsp3) is 0.115. The van der Waals surface area contributed by atoms with Gasteiger partial charge in [0.2, 0.25) is 0 Å². The Morgan fingerprint density at radius 1 is 0.630 bits per heavy atom. The predicted octanol–water partition coefficient (Wildman–Crippen LogP) is 6.33. The Morgan fingerprint density at radius 2 is 1.04 bits per heavy atom. The lowest BCUT2D eigenvalue weighted by Crippen LogP contribution is -1.94. The summed E-state index contributed by atoms with van der Waals surface area (Å²) < 4.78 is 0. The van der Waals surface area contributed by atoms with E-state index in [9.17, 15) is 4.79 Å². The third-order valence-corrected chi connectivity index (χ3v) is 4.53. The van der Waals surface area contributed by atoms with Gasteiger partial charge in [0.15, 0.2) is 5.78 Å². The van der Waals surface area contributed by atoms with Crippen LogP contribution in [-0.4, -0.2) is 5.78 Å². The van der Waals surface area contributed by atoms with Gasteiger partial charge in [-0.2, -0.15) is 0 Å². The van der Waals surface area contributed by atoms with E-state index < -0.39 is 0 Å². The van der Waals surface area contributed by atoms with Crippen LogP contribution in [0.25, 0.3) is 11.6 Å². The predicted molar refractivity (Wildman–Crippen MR) is 115 cm³/mol. The molecule has 0 aliphatic heterocycles. The molecule has 0 unspecified atom stereocenters. The van der Waals surface area contributed by atoms with Crippen LogP contribution in [-0.2, 0) is 4.79 Å². The van der Waals surface area contributed by atoms with E-state index in [0.29, 0.717) is 0 Å².